The molecule has 6 rings (SSSR count). The second-order valence-electron chi connectivity index (χ2n) is 11.4. The van der Waals surface area contributed by atoms with E-state index < -0.39 is 6.04 Å². The first kappa shape index (κ1) is 29.9. The molecule has 0 radical (unpaired) electrons. The standard InChI is InChI=1S/C34H39N3O6/c1-22(2)7-14-33(39)37-16-15-31-29(20-37)36-34(40)25-10-13-30(41-3)28(18-25)24-5-4-6-27(17-24)42-21-32(38)35-19-23-8-11-26(43-31)12-9-23/h4-6,8-13,17-18,22,29,31H,7,14-16,19-21H2,1-3H3,(H,35,38)(H,36,40)/t29-,31-/m1/s1. The van der Waals surface area contributed by atoms with Gasteiger partial charge in [0.15, 0.2) is 6.61 Å². The smallest absolute Gasteiger partial charge is 0.258 e. The first-order chi connectivity index (χ1) is 20.8. The predicted octanol–water partition coefficient (Wildman–Crippen LogP) is 4.59. The maximum Gasteiger partial charge on any atom is 0.258 e. The monoisotopic (exact) mass is 585 g/mol. The zero-order valence-electron chi connectivity index (χ0n) is 24.9. The number of likely N-dealkylation sites (tertiary alicyclic amines) is 1. The lowest BCUT2D eigenvalue weighted by molar-refractivity contribution is -0.134. The summed E-state index contributed by atoms with van der Waals surface area (Å²) in [4.78, 5) is 41.1. The SMILES string of the molecule is COc1ccc2cc1-c1cccc(c1)OCC(=O)NCc1ccc(cc1)O[C@@H]1CCN(C(=O)CCC(C)C)C[C@H]1NC2=O. The molecule has 3 aromatic carbocycles. The van der Waals surface area contributed by atoms with Crippen LogP contribution in [0.2, 0.25) is 0 Å². The normalized spacial score (nSPS) is 18.9. The van der Waals surface area contributed by atoms with Crippen LogP contribution in [-0.2, 0) is 16.1 Å². The van der Waals surface area contributed by atoms with Crippen molar-refractivity contribution in [1.29, 1.82) is 0 Å². The maximum absolute atomic E-state index is 13.7. The van der Waals surface area contributed by atoms with Crippen LogP contribution in [0, 0.1) is 5.92 Å². The Kier molecular flexibility index (Phi) is 9.49. The lowest BCUT2D eigenvalue weighted by Gasteiger charge is -2.39. The number of carbonyl (C=O) groups is 3. The highest BCUT2D eigenvalue weighted by Gasteiger charge is 2.34. The molecular formula is C34H39N3O6. The Labute approximate surface area is 252 Å². The third-order valence-electron chi connectivity index (χ3n) is 7.83. The summed E-state index contributed by atoms with van der Waals surface area (Å²) in [6, 6.07) is 19.7. The zero-order chi connectivity index (χ0) is 30.3. The Morgan fingerprint density at radius 3 is 2.60 bits per heavy atom. The molecule has 1 saturated heterocycles. The fourth-order valence-electron chi connectivity index (χ4n) is 5.35. The van der Waals surface area contributed by atoms with Crippen LogP contribution < -0.4 is 24.8 Å². The Hall–Kier alpha value is -4.53. The van der Waals surface area contributed by atoms with Crippen LogP contribution >= 0.6 is 0 Å². The van der Waals surface area contributed by atoms with E-state index >= 15 is 0 Å². The molecule has 0 unspecified atom stereocenters. The molecule has 0 spiro atoms. The minimum Gasteiger partial charge on any atom is -0.496 e. The molecule has 0 saturated carbocycles. The summed E-state index contributed by atoms with van der Waals surface area (Å²) in [6.45, 7) is 5.34. The molecule has 1 fully saturated rings. The molecule has 9 heteroatoms. The van der Waals surface area contributed by atoms with E-state index in [9.17, 15) is 14.4 Å². The lowest BCUT2D eigenvalue weighted by atomic mass is 9.98. The summed E-state index contributed by atoms with van der Waals surface area (Å²) < 4.78 is 17.8. The van der Waals surface area contributed by atoms with Crippen molar-refractivity contribution >= 4 is 17.7 Å². The highest BCUT2D eigenvalue weighted by Crippen LogP contribution is 2.33. The van der Waals surface area contributed by atoms with E-state index in [-0.39, 0.29) is 30.4 Å². The van der Waals surface area contributed by atoms with Gasteiger partial charge in [0.1, 0.15) is 23.4 Å². The number of hydrogen-bond donors (Lipinski definition) is 2. The number of benzene rings is 3. The van der Waals surface area contributed by atoms with Gasteiger partial charge >= 0.3 is 0 Å². The number of fused-ring (bicyclic) bond motifs is 7. The van der Waals surface area contributed by atoms with Gasteiger partial charge in [0.05, 0.1) is 13.2 Å². The molecule has 0 aromatic heterocycles. The van der Waals surface area contributed by atoms with Gasteiger partial charge in [0.25, 0.3) is 11.8 Å². The molecule has 9 nitrogen and oxygen atoms in total. The lowest BCUT2D eigenvalue weighted by Crippen LogP contribution is -2.58. The Morgan fingerprint density at radius 1 is 1.02 bits per heavy atom. The Morgan fingerprint density at radius 2 is 1.84 bits per heavy atom. The second kappa shape index (κ2) is 13.6. The van der Waals surface area contributed by atoms with Crippen molar-refractivity contribution in [2.24, 2.45) is 5.92 Å². The fraction of sp³-hybridized carbons (Fsp3) is 0.382. The van der Waals surface area contributed by atoms with Gasteiger partial charge in [-0.1, -0.05) is 38.1 Å². The van der Waals surface area contributed by atoms with Gasteiger partial charge in [-0.3, -0.25) is 14.4 Å². The highest BCUT2D eigenvalue weighted by molar-refractivity contribution is 5.96. The molecule has 2 atom stereocenters. The van der Waals surface area contributed by atoms with Crippen LogP contribution in [0.3, 0.4) is 0 Å². The van der Waals surface area contributed by atoms with Crippen LogP contribution in [0.4, 0.5) is 0 Å². The summed E-state index contributed by atoms with van der Waals surface area (Å²) >= 11 is 0. The van der Waals surface area contributed by atoms with E-state index in [1.807, 2.05) is 47.4 Å². The largest absolute Gasteiger partial charge is 0.496 e. The molecule has 2 N–H and O–H groups in total. The zero-order valence-corrected chi connectivity index (χ0v) is 24.9. The summed E-state index contributed by atoms with van der Waals surface area (Å²) in [5.74, 6) is 1.78. The number of methoxy groups -OCH3 is 1. The topological polar surface area (TPSA) is 106 Å². The molecule has 3 aromatic rings. The predicted molar refractivity (Wildman–Crippen MR) is 163 cm³/mol. The average molecular weight is 586 g/mol. The van der Waals surface area contributed by atoms with E-state index in [1.54, 1.807) is 31.4 Å². The van der Waals surface area contributed by atoms with Gasteiger partial charge in [-0.25, -0.2) is 0 Å². The quantitative estimate of drug-likeness (QED) is 0.464. The molecular weight excluding hydrogens is 546 g/mol. The van der Waals surface area contributed by atoms with Crippen molar-refractivity contribution in [3.63, 3.8) is 0 Å². The Balaban J connectivity index is 1.47. The first-order valence-corrected chi connectivity index (χ1v) is 14.8. The van der Waals surface area contributed by atoms with E-state index in [1.165, 1.54) is 0 Å². The molecule has 3 aliphatic heterocycles. The molecule has 3 heterocycles. The van der Waals surface area contributed by atoms with Crippen molar-refractivity contribution in [3.05, 3.63) is 77.9 Å². The van der Waals surface area contributed by atoms with Gasteiger partial charge in [0.2, 0.25) is 5.91 Å². The van der Waals surface area contributed by atoms with Gasteiger partial charge in [-0.05, 0) is 65.9 Å². The molecule has 3 amide bonds. The van der Waals surface area contributed by atoms with Crippen LogP contribution in [0.1, 0.15) is 49.0 Å². The molecule has 3 aliphatic rings. The van der Waals surface area contributed by atoms with Gasteiger partial charge < -0.3 is 29.7 Å². The molecule has 0 aliphatic carbocycles. The number of amides is 3. The van der Waals surface area contributed by atoms with Crippen LogP contribution in [0.15, 0.2) is 66.7 Å². The van der Waals surface area contributed by atoms with Crippen LogP contribution in [-0.4, -0.2) is 61.6 Å². The third kappa shape index (κ3) is 7.66. The number of piperidine rings is 1. The number of carbonyl (C=O) groups excluding carboxylic acids is 3. The van der Waals surface area contributed by atoms with Gasteiger partial charge in [0, 0.05) is 43.6 Å². The molecule has 6 bridgehead atoms. The summed E-state index contributed by atoms with van der Waals surface area (Å²) in [5, 5.41) is 6.05. The summed E-state index contributed by atoms with van der Waals surface area (Å²) in [7, 11) is 1.58. The fourth-order valence-corrected chi connectivity index (χ4v) is 5.35. The molecule has 43 heavy (non-hydrogen) atoms. The van der Waals surface area contributed by atoms with E-state index in [4.69, 9.17) is 14.2 Å². The van der Waals surface area contributed by atoms with Crippen molar-refractivity contribution in [2.45, 2.75) is 51.8 Å². The van der Waals surface area contributed by atoms with Crippen molar-refractivity contribution in [2.75, 3.05) is 26.8 Å². The van der Waals surface area contributed by atoms with E-state index in [0.717, 1.165) is 17.5 Å². The van der Waals surface area contributed by atoms with E-state index in [2.05, 4.69) is 24.5 Å². The second-order valence-corrected chi connectivity index (χ2v) is 11.4. The number of ether oxygens (including phenoxy) is 3. The van der Waals surface area contributed by atoms with Gasteiger partial charge in [-0.15, -0.1) is 0 Å². The van der Waals surface area contributed by atoms with Gasteiger partial charge in [-0.2, -0.15) is 0 Å². The Bertz CT molecular complexity index is 1450. The number of rotatable bonds is 4. The average Bonchev–Trinajstić information content (AvgIpc) is 3.02. The van der Waals surface area contributed by atoms with Crippen molar-refractivity contribution in [1.82, 2.24) is 15.5 Å². The summed E-state index contributed by atoms with van der Waals surface area (Å²) in [6.07, 6.45) is 1.55. The van der Waals surface area contributed by atoms with Crippen molar-refractivity contribution < 1.29 is 28.6 Å². The maximum atomic E-state index is 13.7. The van der Waals surface area contributed by atoms with Crippen LogP contribution in [0.5, 0.6) is 17.2 Å². The minimum atomic E-state index is -0.420. The minimum absolute atomic E-state index is 0.0908. The summed E-state index contributed by atoms with van der Waals surface area (Å²) in [5.41, 5.74) is 2.85. The molecule has 226 valence electrons. The first-order valence-electron chi connectivity index (χ1n) is 14.8. The van der Waals surface area contributed by atoms with Crippen molar-refractivity contribution in [3.8, 4) is 28.4 Å². The van der Waals surface area contributed by atoms with Crippen LogP contribution in [0.25, 0.3) is 11.1 Å². The highest BCUT2D eigenvalue weighted by atomic mass is 16.5. The third-order valence-corrected chi connectivity index (χ3v) is 7.83. The number of nitrogens with zero attached hydrogens (tertiary/aromatic N) is 1. The number of nitrogens with one attached hydrogen (secondary N) is 2. The number of hydrogen-bond acceptors (Lipinski definition) is 6. The van der Waals surface area contributed by atoms with E-state index in [0.29, 0.717) is 66.8 Å².